The molecule has 0 aliphatic heterocycles. The van der Waals surface area contributed by atoms with Gasteiger partial charge >= 0.3 is 12.0 Å². The summed E-state index contributed by atoms with van der Waals surface area (Å²) in [7, 11) is 0. The highest BCUT2D eigenvalue weighted by atomic mass is 19.1. The molecule has 21 heavy (non-hydrogen) atoms. The number of hydrogen-bond acceptors (Lipinski definition) is 3. The van der Waals surface area contributed by atoms with Crippen LogP contribution in [0.2, 0.25) is 0 Å². The number of carboxylic acid groups (broad SMARTS) is 1. The van der Waals surface area contributed by atoms with Gasteiger partial charge in [0, 0.05) is 23.5 Å². The van der Waals surface area contributed by atoms with Crippen molar-refractivity contribution in [2.75, 3.05) is 5.32 Å². The van der Waals surface area contributed by atoms with E-state index in [1.807, 2.05) is 6.92 Å². The fraction of sp³-hybridized carbons (Fsp3) is 0.154. The Morgan fingerprint density at radius 2 is 2.19 bits per heavy atom. The predicted octanol–water partition coefficient (Wildman–Crippen LogP) is 1.88. The number of carboxylic acids is 1. The number of aromatic carboxylic acids is 1. The van der Waals surface area contributed by atoms with Gasteiger partial charge in [-0.3, -0.25) is 5.10 Å². The fourth-order valence-corrected chi connectivity index (χ4v) is 1.67. The number of urea groups is 1. The number of H-pyrrole nitrogens is 1. The van der Waals surface area contributed by atoms with E-state index in [1.165, 1.54) is 6.07 Å². The summed E-state index contributed by atoms with van der Waals surface area (Å²) < 4.78 is 13.4. The van der Waals surface area contributed by atoms with Gasteiger partial charge in [-0.05, 0) is 25.1 Å². The largest absolute Gasteiger partial charge is 0.478 e. The zero-order valence-electron chi connectivity index (χ0n) is 11.1. The first-order valence-corrected chi connectivity index (χ1v) is 6.04. The monoisotopic (exact) mass is 292 g/mol. The maximum Gasteiger partial charge on any atom is 0.338 e. The van der Waals surface area contributed by atoms with Crippen molar-refractivity contribution in [1.29, 1.82) is 0 Å². The molecular formula is C13H13FN4O3. The van der Waals surface area contributed by atoms with E-state index in [0.29, 0.717) is 0 Å². The Morgan fingerprint density at radius 3 is 2.76 bits per heavy atom. The number of aromatic amines is 1. The van der Waals surface area contributed by atoms with Crippen LogP contribution in [0.4, 0.5) is 14.9 Å². The van der Waals surface area contributed by atoms with Crippen molar-refractivity contribution in [3.8, 4) is 0 Å². The molecule has 0 atom stereocenters. The average molecular weight is 292 g/mol. The second-order valence-corrected chi connectivity index (χ2v) is 4.33. The Morgan fingerprint density at radius 1 is 1.43 bits per heavy atom. The molecule has 2 rings (SSSR count). The molecule has 0 saturated carbocycles. The third-order valence-electron chi connectivity index (χ3n) is 2.83. The fourth-order valence-electron chi connectivity index (χ4n) is 1.67. The van der Waals surface area contributed by atoms with E-state index in [4.69, 9.17) is 5.11 Å². The minimum absolute atomic E-state index is 0.166. The van der Waals surface area contributed by atoms with Crippen molar-refractivity contribution >= 4 is 17.7 Å². The molecule has 0 aliphatic rings. The van der Waals surface area contributed by atoms with Crippen LogP contribution < -0.4 is 10.6 Å². The van der Waals surface area contributed by atoms with E-state index in [0.717, 1.165) is 23.4 Å². The van der Waals surface area contributed by atoms with Crippen LogP contribution in [0.15, 0.2) is 24.4 Å². The molecular weight excluding hydrogens is 279 g/mol. The molecule has 0 aliphatic carbocycles. The molecule has 1 heterocycles. The van der Waals surface area contributed by atoms with Gasteiger partial charge in [-0.15, -0.1) is 0 Å². The second kappa shape index (κ2) is 6.04. The summed E-state index contributed by atoms with van der Waals surface area (Å²) in [5.74, 6) is -2.27. The van der Waals surface area contributed by atoms with Gasteiger partial charge in [0.25, 0.3) is 0 Å². The highest BCUT2D eigenvalue weighted by Crippen LogP contribution is 2.14. The van der Waals surface area contributed by atoms with Crippen molar-refractivity contribution in [1.82, 2.24) is 15.5 Å². The lowest BCUT2D eigenvalue weighted by Gasteiger charge is -2.08. The van der Waals surface area contributed by atoms with Crippen molar-refractivity contribution in [3.05, 3.63) is 47.0 Å². The number of carbonyl (C=O) groups is 2. The Balaban J connectivity index is 1.95. The highest BCUT2D eigenvalue weighted by molar-refractivity contribution is 5.91. The van der Waals surface area contributed by atoms with Gasteiger partial charge in [0.05, 0.1) is 11.8 Å². The Bertz CT molecular complexity index is 684. The first-order chi connectivity index (χ1) is 9.97. The topological polar surface area (TPSA) is 107 Å². The van der Waals surface area contributed by atoms with Crippen molar-refractivity contribution in [2.45, 2.75) is 13.5 Å². The number of nitrogens with one attached hydrogen (secondary N) is 3. The van der Waals surface area contributed by atoms with E-state index in [9.17, 15) is 14.0 Å². The molecule has 0 spiro atoms. The molecule has 2 aromatic rings. The Hall–Kier alpha value is -2.90. The lowest BCUT2D eigenvalue weighted by molar-refractivity contribution is 0.0692. The van der Waals surface area contributed by atoms with Gasteiger partial charge in [0.2, 0.25) is 0 Å². The number of carbonyl (C=O) groups excluding carboxylic acids is 1. The van der Waals surface area contributed by atoms with Gasteiger partial charge in [-0.25, -0.2) is 14.0 Å². The summed E-state index contributed by atoms with van der Waals surface area (Å²) >= 11 is 0. The van der Waals surface area contributed by atoms with Crippen LogP contribution in [0.3, 0.4) is 0 Å². The first kappa shape index (κ1) is 14.5. The number of benzene rings is 1. The Kier molecular flexibility index (Phi) is 4.17. The predicted molar refractivity (Wildman–Crippen MR) is 72.5 cm³/mol. The van der Waals surface area contributed by atoms with Crippen LogP contribution in [0.5, 0.6) is 0 Å². The summed E-state index contributed by atoms with van der Waals surface area (Å²) in [6.07, 6.45) is 1.59. The molecule has 0 unspecified atom stereocenters. The standard InChI is InChI=1S/C13H13FN4O3/c1-7-8(6-16-18-7)5-15-13(21)17-9-2-3-10(12(19)20)11(14)4-9/h2-4,6H,5H2,1H3,(H,16,18)(H,19,20)(H2,15,17,21). The number of halogens is 1. The van der Waals surface area contributed by atoms with Crippen molar-refractivity contribution in [2.24, 2.45) is 0 Å². The van der Waals surface area contributed by atoms with Crippen LogP contribution in [0.1, 0.15) is 21.6 Å². The summed E-state index contributed by atoms with van der Waals surface area (Å²) in [6.45, 7) is 2.09. The molecule has 0 bridgehead atoms. The van der Waals surface area contributed by atoms with Gasteiger partial charge in [-0.2, -0.15) is 5.10 Å². The maximum absolute atomic E-state index is 13.4. The molecule has 7 nitrogen and oxygen atoms in total. The van der Waals surface area contributed by atoms with E-state index < -0.39 is 23.4 Å². The Labute approximate surface area is 119 Å². The smallest absolute Gasteiger partial charge is 0.338 e. The quantitative estimate of drug-likeness (QED) is 0.690. The lowest BCUT2D eigenvalue weighted by atomic mass is 10.2. The van der Waals surface area contributed by atoms with Crippen molar-refractivity contribution < 1.29 is 19.1 Å². The van der Waals surface area contributed by atoms with Crippen LogP contribution in [-0.4, -0.2) is 27.3 Å². The van der Waals surface area contributed by atoms with E-state index in [1.54, 1.807) is 6.20 Å². The second-order valence-electron chi connectivity index (χ2n) is 4.33. The summed E-state index contributed by atoms with van der Waals surface area (Å²) in [4.78, 5) is 22.3. The van der Waals surface area contributed by atoms with Gasteiger partial charge < -0.3 is 15.7 Å². The van der Waals surface area contributed by atoms with Gasteiger partial charge in [0.15, 0.2) is 0 Å². The number of hydrogen-bond donors (Lipinski definition) is 4. The van der Waals surface area contributed by atoms with Crippen LogP contribution in [-0.2, 0) is 6.54 Å². The zero-order valence-corrected chi connectivity index (χ0v) is 11.1. The van der Waals surface area contributed by atoms with Crippen molar-refractivity contribution in [3.63, 3.8) is 0 Å². The number of rotatable bonds is 4. The number of aryl methyl sites for hydroxylation is 1. The lowest BCUT2D eigenvalue weighted by Crippen LogP contribution is -2.28. The molecule has 8 heteroatoms. The molecule has 2 amide bonds. The summed E-state index contributed by atoms with van der Waals surface area (Å²) in [5, 5.41) is 20.3. The molecule has 1 aromatic carbocycles. The first-order valence-electron chi connectivity index (χ1n) is 6.04. The number of aromatic nitrogens is 2. The van der Waals surface area contributed by atoms with E-state index in [-0.39, 0.29) is 12.2 Å². The van der Waals surface area contributed by atoms with Gasteiger partial charge in [-0.1, -0.05) is 0 Å². The minimum atomic E-state index is -1.36. The minimum Gasteiger partial charge on any atom is -0.478 e. The van der Waals surface area contributed by atoms with E-state index >= 15 is 0 Å². The van der Waals surface area contributed by atoms with Crippen LogP contribution in [0, 0.1) is 12.7 Å². The van der Waals surface area contributed by atoms with E-state index in [2.05, 4.69) is 20.8 Å². The van der Waals surface area contributed by atoms with Crippen LogP contribution in [0.25, 0.3) is 0 Å². The molecule has 0 saturated heterocycles. The summed E-state index contributed by atoms with van der Waals surface area (Å²) in [5.41, 5.74) is 1.39. The number of anilines is 1. The average Bonchev–Trinajstić information content (AvgIpc) is 2.81. The maximum atomic E-state index is 13.4. The summed E-state index contributed by atoms with van der Waals surface area (Å²) in [6, 6.07) is 2.83. The number of amides is 2. The van der Waals surface area contributed by atoms with Gasteiger partial charge in [0.1, 0.15) is 5.82 Å². The number of nitrogens with zero attached hydrogens (tertiary/aromatic N) is 1. The molecule has 4 N–H and O–H groups in total. The highest BCUT2D eigenvalue weighted by Gasteiger charge is 2.11. The third kappa shape index (κ3) is 3.56. The normalized spacial score (nSPS) is 10.2. The molecule has 0 fully saturated rings. The molecule has 0 radical (unpaired) electrons. The molecule has 110 valence electrons. The third-order valence-corrected chi connectivity index (χ3v) is 2.83. The SMILES string of the molecule is Cc1[nH]ncc1CNC(=O)Nc1ccc(C(=O)O)c(F)c1. The van der Waals surface area contributed by atoms with Crippen LogP contribution >= 0.6 is 0 Å². The zero-order chi connectivity index (χ0) is 15.4. The molecule has 1 aromatic heterocycles.